The molecule has 3 atom stereocenters. The number of alkyl halides is 1. The van der Waals surface area contributed by atoms with Gasteiger partial charge in [-0.25, -0.2) is 4.39 Å². The van der Waals surface area contributed by atoms with Gasteiger partial charge in [-0.3, -0.25) is 4.79 Å². The van der Waals surface area contributed by atoms with Crippen molar-refractivity contribution in [2.24, 2.45) is 11.8 Å². The molecule has 2 aliphatic rings. The molecule has 1 nitrogen and oxygen atoms in total. The van der Waals surface area contributed by atoms with E-state index in [2.05, 4.69) is 0 Å². The Kier molecular flexibility index (Phi) is 1.23. The van der Waals surface area contributed by atoms with Gasteiger partial charge in [0.1, 0.15) is 0 Å². The fourth-order valence-electron chi connectivity index (χ4n) is 2.20. The van der Waals surface area contributed by atoms with E-state index < -0.39 is 5.67 Å². The van der Waals surface area contributed by atoms with Gasteiger partial charge in [-0.2, -0.15) is 0 Å². The summed E-state index contributed by atoms with van der Waals surface area (Å²) in [6, 6.07) is 0. The molecule has 0 aliphatic heterocycles. The topological polar surface area (TPSA) is 17.1 Å². The average Bonchev–Trinajstić information content (AvgIpc) is 2.45. The Morgan fingerprint density at radius 2 is 2.36 bits per heavy atom. The molecule has 2 aliphatic carbocycles. The van der Waals surface area contributed by atoms with Crippen LogP contribution >= 0.6 is 0 Å². The molecule has 0 N–H and O–H groups in total. The molecular formula is C9H11FO. The van der Waals surface area contributed by atoms with Gasteiger partial charge in [-0.1, -0.05) is 12.2 Å². The normalized spacial score (nSPS) is 46.7. The lowest BCUT2D eigenvalue weighted by Crippen LogP contribution is -2.35. The average molecular weight is 154 g/mol. The van der Waals surface area contributed by atoms with E-state index in [1.807, 2.05) is 12.2 Å². The molecule has 2 bridgehead atoms. The Hall–Kier alpha value is -0.660. The smallest absolute Gasteiger partial charge is 0.175 e. The van der Waals surface area contributed by atoms with Crippen LogP contribution in [0.2, 0.25) is 0 Å². The van der Waals surface area contributed by atoms with Crippen molar-refractivity contribution < 1.29 is 9.18 Å². The molecule has 0 amide bonds. The third-order valence-electron chi connectivity index (χ3n) is 2.90. The fraction of sp³-hybridized carbons (Fsp3) is 0.667. The quantitative estimate of drug-likeness (QED) is 0.527. The van der Waals surface area contributed by atoms with Crippen molar-refractivity contribution in [2.75, 3.05) is 0 Å². The molecule has 1 fully saturated rings. The molecule has 2 rings (SSSR count). The van der Waals surface area contributed by atoms with Gasteiger partial charge < -0.3 is 0 Å². The number of halogens is 1. The van der Waals surface area contributed by atoms with Crippen molar-refractivity contribution in [3.05, 3.63) is 12.2 Å². The lowest BCUT2D eigenvalue weighted by atomic mass is 9.87. The van der Waals surface area contributed by atoms with Crippen molar-refractivity contribution >= 4 is 5.78 Å². The number of allylic oxidation sites excluding steroid dienone is 2. The number of Topliss-reactive ketones (excluding diaryl/α,β-unsaturated/α-hetero) is 1. The number of carbonyl (C=O) groups excluding carboxylic acids is 1. The van der Waals surface area contributed by atoms with Crippen LogP contribution in [0.3, 0.4) is 0 Å². The zero-order chi connectivity index (χ0) is 8.06. The molecule has 0 unspecified atom stereocenters. The molecule has 1 saturated carbocycles. The maximum absolute atomic E-state index is 13.7. The minimum atomic E-state index is -1.51. The second-order valence-corrected chi connectivity index (χ2v) is 3.61. The van der Waals surface area contributed by atoms with Crippen LogP contribution in [0.5, 0.6) is 0 Å². The van der Waals surface area contributed by atoms with Crippen LogP contribution in [-0.4, -0.2) is 11.5 Å². The van der Waals surface area contributed by atoms with E-state index in [0.717, 1.165) is 6.42 Å². The summed E-state index contributed by atoms with van der Waals surface area (Å²) in [5.74, 6) is -0.0896. The first-order chi connectivity index (χ1) is 5.13. The molecule has 0 spiro atoms. The first kappa shape index (κ1) is 7.01. The first-order valence-corrected chi connectivity index (χ1v) is 4.01. The van der Waals surface area contributed by atoms with E-state index in [4.69, 9.17) is 0 Å². The minimum Gasteiger partial charge on any atom is -0.296 e. The molecule has 0 aromatic carbocycles. The molecule has 11 heavy (non-hydrogen) atoms. The van der Waals surface area contributed by atoms with Crippen molar-refractivity contribution in [1.29, 1.82) is 0 Å². The van der Waals surface area contributed by atoms with Gasteiger partial charge in [0.2, 0.25) is 0 Å². The highest BCUT2D eigenvalue weighted by molar-refractivity contribution is 5.86. The summed E-state index contributed by atoms with van der Waals surface area (Å²) in [6.45, 7) is 1.36. The standard InChI is InChI=1S/C9H11FO/c1-6(11)9(10)5-7-2-3-8(9)4-7/h2-3,7-8H,4-5H2,1H3/t7-,8+,9+/m1/s1. The summed E-state index contributed by atoms with van der Waals surface area (Å²) in [7, 11) is 0. The highest BCUT2D eigenvalue weighted by Gasteiger charge is 2.52. The molecule has 2 heteroatoms. The van der Waals surface area contributed by atoms with E-state index in [9.17, 15) is 9.18 Å². The minimum absolute atomic E-state index is 0.120. The predicted molar refractivity (Wildman–Crippen MR) is 39.9 cm³/mol. The number of fused-ring (bicyclic) bond motifs is 2. The molecule has 0 heterocycles. The van der Waals surface area contributed by atoms with Gasteiger partial charge in [0.25, 0.3) is 0 Å². The van der Waals surface area contributed by atoms with E-state index in [0.29, 0.717) is 12.3 Å². The number of rotatable bonds is 1. The largest absolute Gasteiger partial charge is 0.296 e. The summed E-state index contributed by atoms with van der Waals surface area (Å²) >= 11 is 0. The molecular weight excluding hydrogens is 143 g/mol. The van der Waals surface area contributed by atoms with Crippen LogP contribution < -0.4 is 0 Å². The van der Waals surface area contributed by atoms with Crippen molar-refractivity contribution in [2.45, 2.75) is 25.4 Å². The summed E-state index contributed by atoms with van der Waals surface area (Å²) < 4.78 is 13.7. The fourth-order valence-corrected chi connectivity index (χ4v) is 2.20. The van der Waals surface area contributed by atoms with Gasteiger partial charge in [0.15, 0.2) is 11.5 Å². The Morgan fingerprint density at radius 1 is 1.64 bits per heavy atom. The highest BCUT2D eigenvalue weighted by atomic mass is 19.1. The predicted octanol–water partition coefficient (Wildman–Crippen LogP) is 1.88. The SMILES string of the molecule is CC(=O)[C@@]1(F)C[C@@H]2C=C[C@H]1C2. The van der Waals surface area contributed by atoms with Gasteiger partial charge >= 0.3 is 0 Å². The Morgan fingerprint density at radius 3 is 2.64 bits per heavy atom. The number of hydrogen-bond donors (Lipinski definition) is 0. The molecule has 0 aromatic rings. The zero-order valence-corrected chi connectivity index (χ0v) is 6.51. The van der Waals surface area contributed by atoms with Crippen LogP contribution in [0.15, 0.2) is 12.2 Å². The van der Waals surface area contributed by atoms with E-state index in [1.54, 1.807) is 0 Å². The highest BCUT2D eigenvalue weighted by Crippen LogP contribution is 2.48. The first-order valence-electron chi connectivity index (χ1n) is 4.01. The van der Waals surface area contributed by atoms with Crippen molar-refractivity contribution in [3.63, 3.8) is 0 Å². The maximum Gasteiger partial charge on any atom is 0.175 e. The number of carbonyl (C=O) groups is 1. The van der Waals surface area contributed by atoms with Crippen LogP contribution in [-0.2, 0) is 4.79 Å². The second kappa shape index (κ2) is 1.93. The Labute approximate surface area is 65.3 Å². The van der Waals surface area contributed by atoms with Crippen LogP contribution in [0, 0.1) is 11.8 Å². The zero-order valence-electron chi connectivity index (χ0n) is 6.51. The number of hydrogen-bond acceptors (Lipinski definition) is 1. The summed E-state index contributed by atoms with van der Waals surface area (Å²) in [5.41, 5.74) is -1.51. The Bertz CT molecular complexity index is 234. The third kappa shape index (κ3) is 0.784. The van der Waals surface area contributed by atoms with Gasteiger partial charge in [-0.05, 0) is 25.7 Å². The second-order valence-electron chi connectivity index (χ2n) is 3.61. The third-order valence-corrected chi connectivity index (χ3v) is 2.90. The Balaban J connectivity index is 2.30. The lowest BCUT2D eigenvalue weighted by Gasteiger charge is -2.23. The molecule has 0 aromatic heterocycles. The van der Waals surface area contributed by atoms with Gasteiger partial charge in [-0.15, -0.1) is 0 Å². The summed E-state index contributed by atoms with van der Waals surface area (Å²) in [6.07, 6.45) is 5.15. The molecule has 60 valence electrons. The summed E-state index contributed by atoms with van der Waals surface area (Å²) in [4.78, 5) is 10.9. The van der Waals surface area contributed by atoms with Gasteiger partial charge in [0.05, 0.1) is 0 Å². The molecule has 0 radical (unpaired) electrons. The summed E-state index contributed by atoms with van der Waals surface area (Å²) in [5, 5.41) is 0. The van der Waals surface area contributed by atoms with Crippen molar-refractivity contribution in [3.8, 4) is 0 Å². The van der Waals surface area contributed by atoms with E-state index in [-0.39, 0.29) is 11.7 Å². The maximum atomic E-state index is 13.7. The lowest BCUT2D eigenvalue weighted by molar-refractivity contribution is -0.129. The van der Waals surface area contributed by atoms with E-state index in [1.165, 1.54) is 6.92 Å². The molecule has 0 saturated heterocycles. The van der Waals surface area contributed by atoms with Crippen LogP contribution in [0.1, 0.15) is 19.8 Å². The van der Waals surface area contributed by atoms with Crippen LogP contribution in [0.4, 0.5) is 4.39 Å². The monoisotopic (exact) mass is 154 g/mol. The van der Waals surface area contributed by atoms with E-state index >= 15 is 0 Å². The number of ketones is 1. The van der Waals surface area contributed by atoms with Crippen molar-refractivity contribution in [1.82, 2.24) is 0 Å². The van der Waals surface area contributed by atoms with Crippen LogP contribution in [0.25, 0.3) is 0 Å². The van der Waals surface area contributed by atoms with Gasteiger partial charge in [0, 0.05) is 5.92 Å².